The molecule has 0 spiro atoms. The van der Waals surface area contributed by atoms with Crippen molar-refractivity contribution in [3.05, 3.63) is 30.5 Å². The van der Waals surface area contributed by atoms with E-state index in [1.807, 2.05) is 24.3 Å². The summed E-state index contributed by atoms with van der Waals surface area (Å²) in [4.78, 5) is 20.7. The molecule has 0 saturated carbocycles. The molecule has 8 nitrogen and oxygen atoms in total. The number of likely N-dealkylation sites (N-methyl/N-ethyl adjacent to an activating group) is 2. The van der Waals surface area contributed by atoms with E-state index in [2.05, 4.69) is 61.4 Å². The van der Waals surface area contributed by atoms with E-state index in [1.54, 1.807) is 6.20 Å². The Morgan fingerprint density at radius 3 is 2.54 bits per heavy atom. The lowest BCUT2D eigenvalue weighted by Gasteiger charge is -2.32. The number of nitrogens with zero attached hydrogens (tertiary/aromatic N) is 6. The number of pyridine rings is 1. The maximum absolute atomic E-state index is 4.65. The highest BCUT2D eigenvalue weighted by molar-refractivity contribution is 5.60. The number of hydrogen-bond donors (Lipinski definition) is 2. The molecule has 3 rings (SSSR count). The number of piperazine rings is 1. The van der Waals surface area contributed by atoms with Gasteiger partial charge in [-0.05, 0) is 33.3 Å². The zero-order valence-electron chi connectivity index (χ0n) is 17.2. The van der Waals surface area contributed by atoms with Gasteiger partial charge in [-0.3, -0.25) is 9.88 Å². The first-order chi connectivity index (χ1) is 13.6. The second kappa shape index (κ2) is 10.3. The molecule has 1 fully saturated rings. The summed E-state index contributed by atoms with van der Waals surface area (Å²) in [5.74, 6) is 1.46. The molecule has 0 radical (unpaired) electrons. The van der Waals surface area contributed by atoms with Gasteiger partial charge in [-0.2, -0.15) is 4.98 Å². The molecular formula is C20H32N8. The van der Waals surface area contributed by atoms with Crippen LogP contribution in [0.15, 0.2) is 30.5 Å². The molecule has 1 aliphatic heterocycles. The SMILES string of the molecule is CN(C)CCNc1nc(NCCN2CCN(C)CC2)cc(-c2ccccn2)n1. The molecule has 152 valence electrons. The predicted molar refractivity (Wildman–Crippen MR) is 115 cm³/mol. The first-order valence-corrected chi connectivity index (χ1v) is 9.94. The van der Waals surface area contributed by atoms with Gasteiger partial charge in [-0.25, -0.2) is 4.98 Å². The first-order valence-electron chi connectivity index (χ1n) is 9.94. The smallest absolute Gasteiger partial charge is 0.225 e. The quantitative estimate of drug-likeness (QED) is 0.668. The van der Waals surface area contributed by atoms with Crippen molar-refractivity contribution in [3.8, 4) is 11.4 Å². The van der Waals surface area contributed by atoms with Gasteiger partial charge in [0.25, 0.3) is 0 Å². The summed E-state index contributed by atoms with van der Waals surface area (Å²) in [6.07, 6.45) is 1.79. The van der Waals surface area contributed by atoms with Crippen LogP contribution in [-0.2, 0) is 0 Å². The summed E-state index contributed by atoms with van der Waals surface area (Å²) in [6, 6.07) is 7.84. The Bertz CT molecular complexity index is 713. The van der Waals surface area contributed by atoms with Gasteiger partial charge in [-0.1, -0.05) is 6.07 Å². The molecule has 1 aliphatic rings. The molecule has 3 heterocycles. The van der Waals surface area contributed by atoms with Gasteiger partial charge in [-0.15, -0.1) is 0 Å². The third-order valence-electron chi connectivity index (χ3n) is 4.83. The lowest BCUT2D eigenvalue weighted by molar-refractivity contribution is 0.158. The summed E-state index contributed by atoms with van der Waals surface area (Å²) in [5, 5.41) is 6.79. The van der Waals surface area contributed by atoms with Crippen LogP contribution in [0.1, 0.15) is 0 Å². The minimum Gasteiger partial charge on any atom is -0.369 e. The molecule has 2 aromatic heterocycles. The van der Waals surface area contributed by atoms with Gasteiger partial charge in [0.05, 0.1) is 11.4 Å². The predicted octanol–water partition coefficient (Wildman–Crippen LogP) is 1.17. The Morgan fingerprint density at radius 2 is 1.82 bits per heavy atom. The van der Waals surface area contributed by atoms with E-state index < -0.39 is 0 Å². The van der Waals surface area contributed by atoms with Crippen molar-refractivity contribution >= 4 is 11.8 Å². The van der Waals surface area contributed by atoms with E-state index in [0.717, 1.165) is 69.6 Å². The summed E-state index contributed by atoms with van der Waals surface area (Å²) in [5.41, 5.74) is 1.67. The van der Waals surface area contributed by atoms with Crippen molar-refractivity contribution in [1.82, 2.24) is 29.7 Å². The summed E-state index contributed by atoms with van der Waals surface area (Å²) in [6.45, 7) is 8.11. The van der Waals surface area contributed by atoms with Crippen LogP contribution >= 0.6 is 0 Å². The van der Waals surface area contributed by atoms with E-state index in [4.69, 9.17) is 0 Å². The Balaban J connectivity index is 1.64. The van der Waals surface area contributed by atoms with Crippen molar-refractivity contribution in [2.75, 3.05) is 84.1 Å². The molecule has 0 aromatic carbocycles. The van der Waals surface area contributed by atoms with Crippen molar-refractivity contribution in [2.24, 2.45) is 0 Å². The lowest BCUT2D eigenvalue weighted by Crippen LogP contribution is -2.45. The largest absolute Gasteiger partial charge is 0.369 e. The van der Waals surface area contributed by atoms with Crippen molar-refractivity contribution in [2.45, 2.75) is 0 Å². The van der Waals surface area contributed by atoms with E-state index >= 15 is 0 Å². The fourth-order valence-electron chi connectivity index (χ4n) is 3.07. The van der Waals surface area contributed by atoms with Crippen molar-refractivity contribution < 1.29 is 0 Å². The Morgan fingerprint density at radius 1 is 1.00 bits per heavy atom. The van der Waals surface area contributed by atoms with Crippen LogP contribution in [0, 0.1) is 0 Å². The molecule has 28 heavy (non-hydrogen) atoms. The van der Waals surface area contributed by atoms with E-state index in [1.165, 1.54) is 0 Å². The topological polar surface area (TPSA) is 72.5 Å². The monoisotopic (exact) mass is 384 g/mol. The number of nitrogens with one attached hydrogen (secondary N) is 2. The van der Waals surface area contributed by atoms with E-state index in [-0.39, 0.29) is 0 Å². The van der Waals surface area contributed by atoms with Gasteiger partial charge in [0.15, 0.2) is 0 Å². The van der Waals surface area contributed by atoms with Crippen LogP contribution in [0.25, 0.3) is 11.4 Å². The zero-order chi connectivity index (χ0) is 19.8. The van der Waals surface area contributed by atoms with Crippen LogP contribution in [0.3, 0.4) is 0 Å². The van der Waals surface area contributed by atoms with Crippen LogP contribution < -0.4 is 10.6 Å². The molecule has 0 amide bonds. The number of hydrogen-bond acceptors (Lipinski definition) is 8. The maximum atomic E-state index is 4.65. The normalized spacial score (nSPS) is 15.7. The minimum absolute atomic E-state index is 0.632. The third-order valence-corrected chi connectivity index (χ3v) is 4.83. The molecule has 8 heteroatoms. The molecule has 0 atom stereocenters. The van der Waals surface area contributed by atoms with Crippen molar-refractivity contribution in [1.29, 1.82) is 0 Å². The average molecular weight is 385 g/mol. The molecule has 0 bridgehead atoms. The highest BCUT2D eigenvalue weighted by Gasteiger charge is 2.13. The fourth-order valence-corrected chi connectivity index (χ4v) is 3.07. The Hall–Kier alpha value is -2.29. The molecule has 1 saturated heterocycles. The van der Waals surface area contributed by atoms with Crippen LogP contribution in [0.4, 0.5) is 11.8 Å². The zero-order valence-corrected chi connectivity index (χ0v) is 17.2. The summed E-state index contributed by atoms with van der Waals surface area (Å²) in [7, 11) is 6.29. The van der Waals surface area contributed by atoms with Crippen LogP contribution in [0.5, 0.6) is 0 Å². The standard InChI is InChI=1S/C20H32N8/c1-26(2)10-8-23-20-24-18(17-6-4-5-7-21-17)16-19(25-20)22-9-11-28-14-12-27(3)13-15-28/h4-7,16H,8-15H2,1-3H3,(H2,22,23,24,25). The van der Waals surface area contributed by atoms with E-state index in [0.29, 0.717) is 5.95 Å². The molecular weight excluding hydrogens is 352 g/mol. The van der Waals surface area contributed by atoms with Gasteiger partial charge in [0, 0.05) is 64.6 Å². The highest BCUT2D eigenvalue weighted by Crippen LogP contribution is 2.19. The third kappa shape index (κ3) is 6.40. The molecule has 2 aromatic rings. The van der Waals surface area contributed by atoms with Gasteiger partial charge < -0.3 is 20.4 Å². The second-order valence-corrected chi connectivity index (χ2v) is 7.48. The average Bonchev–Trinajstić information content (AvgIpc) is 2.70. The molecule has 2 N–H and O–H groups in total. The van der Waals surface area contributed by atoms with E-state index in [9.17, 15) is 0 Å². The molecule has 0 unspecified atom stereocenters. The Kier molecular flexibility index (Phi) is 7.53. The Labute approximate surface area is 168 Å². The lowest BCUT2D eigenvalue weighted by atomic mass is 10.2. The summed E-state index contributed by atoms with van der Waals surface area (Å²) < 4.78 is 0. The van der Waals surface area contributed by atoms with Gasteiger partial charge in [0.1, 0.15) is 5.82 Å². The van der Waals surface area contributed by atoms with Crippen LogP contribution in [0.2, 0.25) is 0 Å². The second-order valence-electron chi connectivity index (χ2n) is 7.48. The maximum Gasteiger partial charge on any atom is 0.225 e. The number of aromatic nitrogens is 3. The summed E-state index contributed by atoms with van der Waals surface area (Å²) >= 11 is 0. The van der Waals surface area contributed by atoms with Crippen molar-refractivity contribution in [3.63, 3.8) is 0 Å². The minimum atomic E-state index is 0.632. The number of anilines is 2. The fraction of sp³-hybridized carbons (Fsp3) is 0.550. The highest BCUT2D eigenvalue weighted by atomic mass is 15.3. The van der Waals surface area contributed by atoms with Gasteiger partial charge in [0.2, 0.25) is 5.95 Å². The van der Waals surface area contributed by atoms with Crippen LogP contribution in [-0.4, -0.2) is 103 Å². The molecule has 0 aliphatic carbocycles. The van der Waals surface area contributed by atoms with Gasteiger partial charge >= 0.3 is 0 Å². The number of rotatable bonds is 9. The first kappa shape index (κ1) is 20.4.